The Balaban J connectivity index is 0.00000242. The fraction of sp³-hybridized carbons (Fsp3) is 0.462. The van der Waals surface area contributed by atoms with Gasteiger partial charge in [-0.05, 0) is 0 Å². The quantitative estimate of drug-likeness (QED) is 0.304. The van der Waals surface area contributed by atoms with E-state index in [-0.39, 0.29) is 36.4 Å². The van der Waals surface area contributed by atoms with Crippen molar-refractivity contribution in [3.8, 4) is 0 Å². The van der Waals surface area contributed by atoms with Crippen LogP contribution in [0.1, 0.15) is 0 Å². The fourth-order valence-electron chi connectivity index (χ4n) is 1.99. The number of hydrogen-bond donors (Lipinski definition) is 2. The smallest absolute Gasteiger partial charge is 0.242 e. The highest BCUT2D eigenvalue weighted by atomic mass is 127. The van der Waals surface area contributed by atoms with E-state index < -0.39 is 0 Å². The minimum atomic E-state index is -0.153. The third kappa shape index (κ3) is 5.44. The maximum absolute atomic E-state index is 11.4. The van der Waals surface area contributed by atoms with Crippen molar-refractivity contribution in [2.75, 3.05) is 44.2 Å². The van der Waals surface area contributed by atoms with E-state index >= 15 is 0 Å². The van der Waals surface area contributed by atoms with Gasteiger partial charge in [-0.3, -0.25) is 4.79 Å². The SMILES string of the molecule is C=CCNC(=O)CN=C(N)N1CCN(c2nccs2)CC1.I. The van der Waals surface area contributed by atoms with E-state index in [0.29, 0.717) is 12.5 Å². The molecule has 0 saturated carbocycles. The summed E-state index contributed by atoms with van der Waals surface area (Å²) in [6.07, 6.45) is 3.44. The summed E-state index contributed by atoms with van der Waals surface area (Å²) in [5.41, 5.74) is 5.93. The first-order valence-corrected chi connectivity index (χ1v) is 7.65. The van der Waals surface area contributed by atoms with Gasteiger partial charge in [0.15, 0.2) is 11.1 Å². The van der Waals surface area contributed by atoms with Gasteiger partial charge >= 0.3 is 0 Å². The highest BCUT2D eigenvalue weighted by Crippen LogP contribution is 2.18. The summed E-state index contributed by atoms with van der Waals surface area (Å²) < 4.78 is 0. The number of anilines is 1. The lowest BCUT2D eigenvalue weighted by molar-refractivity contribution is -0.119. The summed E-state index contributed by atoms with van der Waals surface area (Å²) >= 11 is 1.63. The number of piperazine rings is 1. The Kier molecular flexibility index (Phi) is 8.17. The maximum Gasteiger partial charge on any atom is 0.242 e. The van der Waals surface area contributed by atoms with Gasteiger partial charge in [0.05, 0.1) is 0 Å². The van der Waals surface area contributed by atoms with Gasteiger partial charge in [-0.1, -0.05) is 6.08 Å². The van der Waals surface area contributed by atoms with E-state index in [2.05, 4.69) is 26.8 Å². The molecule has 0 aromatic carbocycles. The molecule has 122 valence electrons. The molecule has 0 unspecified atom stereocenters. The number of nitrogens with zero attached hydrogens (tertiary/aromatic N) is 4. The predicted molar refractivity (Wildman–Crippen MR) is 101 cm³/mol. The third-order valence-electron chi connectivity index (χ3n) is 3.12. The van der Waals surface area contributed by atoms with Crippen LogP contribution in [0.3, 0.4) is 0 Å². The molecular formula is C13H21IN6OS. The lowest BCUT2D eigenvalue weighted by Crippen LogP contribution is -2.51. The van der Waals surface area contributed by atoms with Crippen LogP contribution in [0.15, 0.2) is 29.2 Å². The van der Waals surface area contributed by atoms with Gasteiger partial charge in [-0.15, -0.1) is 41.9 Å². The van der Waals surface area contributed by atoms with Crippen molar-refractivity contribution in [2.45, 2.75) is 0 Å². The second-order valence-corrected chi connectivity index (χ2v) is 5.43. The molecule has 0 atom stereocenters. The molecule has 0 radical (unpaired) electrons. The number of rotatable bonds is 5. The van der Waals surface area contributed by atoms with Crippen LogP contribution in [0.5, 0.6) is 0 Å². The molecule has 2 heterocycles. The summed E-state index contributed by atoms with van der Waals surface area (Å²) in [5.74, 6) is 0.266. The molecule has 1 aromatic heterocycles. The molecule has 1 aliphatic heterocycles. The van der Waals surface area contributed by atoms with Crippen molar-refractivity contribution in [2.24, 2.45) is 10.7 Å². The number of nitrogens with one attached hydrogen (secondary N) is 1. The monoisotopic (exact) mass is 436 g/mol. The summed E-state index contributed by atoms with van der Waals surface area (Å²) in [5, 5.41) is 5.67. The normalized spacial score (nSPS) is 15.2. The van der Waals surface area contributed by atoms with Gasteiger partial charge in [0.25, 0.3) is 0 Å². The number of amides is 1. The molecule has 0 spiro atoms. The van der Waals surface area contributed by atoms with Gasteiger partial charge in [0, 0.05) is 44.3 Å². The Morgan fingerprint density at radius 2 is 2.23 bits per heavy atom. The number of hydrogen-bond acceptors (Lipinski definition) is 5. The molecule has 7 nitrogen and oxygen atoms in total. The van der Waals surface area contributed by atoms with Gasteiger partial charge in [-0.25, -0.2) is 9.98 Å². The average molecular weight is 436 g/mol. The van der Waals surface area contributed by atoms with Crippen molar-refractivity contribution in [3.63, 3.8) is 0 Å². The summed E-state index contributed by atoms with van der Waals surface area (Å²) in [6.45, 7) is 7.30. The number of halogens is 1. The first kappa shape index (κ1) is 18.7. The van der Waals surface area contributed by atoms with Crippen LogP contribution in [0, 0.1) is 0 Å². The predicted octanol–water partition coefficient (Wildman–Crippen LogP) is 0.500. The Labute approximate surface area is 151 Å². The molecule has 22 heavy (non-hydrogen) atoms. The van der Waals surface area contributed by atoms with E-state index in [1.54, 1.807) is 17.4 Å². The fourth-order valence-corrected chi connectivity index (χ4v) is 2.69. The molecule has 1 saturated heterocycles. The van der Waals surface area contributed by atoms with Gasteiger partial charge in [0.1, 0.15) is 6.54 Å². The second-order valence-electron chi connectivity index (χ2n) is 4.56. The summed E-state index contributed by atoms with van der Waals surface area (Å²) in [6, 6.07) is 0. The molecule has 2 rings (SSSR count). The van der Waals surface area contributed by atoms with Crippen LogP contribution >= 0.6 is 35.3 Å². The van der Waals surface area contributed by atoms with Crippen LogP contribution in [0.25, 0.3) is 0 Å². The summed E-state index contributed by atoms with van der Waals surface area (Å²) in [7, 11) is 0. The first-order valence-electron chi connectivity index (χ1n) is 6.77. The molecule has 3 N–H and O–H groups in total. The second kappa shape index (κ2) is 9.62. The molecule has 1 aromatic rings. The van der Waals surface area contributed by atoms with Crippen LogP contribution in [-0.2, 0) is 4.79 Å². The largest absolute Gasteiger partial charge is 0.370 e. The van der Waals surface area contributed by atoms with Gasteiger partial charge < -0.3 is 20.9 Å². The van der Waals surface area contributed by atoms with E-state index in [0.717, 1.165) is 31.3 Å². The van der Waals surface area contributed by atoms with E-state index in [1.165, 1.54) is 0 Å². The number of guanidine groups is 1. The number of carbonyl (C=O) groups excluding carboxylic acids is 1. The van der Waals surface area contributed by atoms with Crippen molar-refractivity contribution in [1.29, 1.82) is 0 Å². The number of aromatic nitrogens is 1. The maximum atomic E-state index is 11.4. The van der Waals surface area contributed by atoms with Crippen LogP contribution in [0.4, 0.5) is 5.13 Å². The van der Waals surface area contributed by atoms with Crippen molar-refractivity contribution >= 4 is 52.3 Å². The Morgan fingerprint density at radius 3 is 2.82 bits per heavy atom. The number of carbonyl (C=O) groups is 1. The van der Waals surface area contributed by atoms with Gasteiger partial charge in [0.2, 0.25) is 5.91 Å². The van der Waals surface area contributed by atoms with E-state index in [9.17, 15) is 4.79 Å². The highest BCUT2D eigenvalue weighted by Gasteiger charge is 2.19. The molecule has 1 fully saturated rings. The van der Waals surface area contributed by atoms with Crippen molar-refractivity contribution in [1.82, 2.24) is 15.2 Å². The third-order valence-corrected chi connectivity index (χ3v) is 3.95. The van der Waals surface area contributed by atoms with Crippen molar-refractivity contribution in [3.05, 3.63) is 24.2 Å². The standard InChI is InChI=1S/C13H20N6OS.HI/c1-2-3-15-11(20)10-17-12(14)18-5-7-19(8-6-18)13-16-4-9-21-13;/h2,4,9H,1,3,5-8,10H2,(H2,14,17)(H,15,20);1H. The Hall–Kier alpha value is -1.36. The summed E-state index contributed by atoms with van der Waals surface area (Å²) in [4.78, 5) is 24.1. The van der Waals surface area contributed by atoms with Crippen molar-refractivity contribution < 1.29 is 4.79 Å². The van der Waals surface area contributed by atoms with E-state index in [4.69, 9.17) is 5.73 Å². The number of nitrogens with two attached hydrogens (primary N) is 1. The zero-order valence-corrected chi connectivity index (χ0v) is 15.4. The minimum Gasteiger partial charge on any atom is -0.370 e. The van der Waals surface area contributed by atoms with Crippen LogP contribution < -0.4 is 16.0 Å². The molecule has 0 aliphatic carbocycles. The molecule has 1 amide bonds. The molecule has 1 aliphatic rings. The number of thiazole rings is 1. The van der Waals surface area contributed by atoms with E-state index in [1.807, 2.05) is 16.5 Å². The zero-order chi connectivity index (χ0) is 15.1. The van der Waals surface area contributed by atoms with Gasteiger partial charge in [-0.2, -0.15) is 0 Å². The first-order chi connectivity index (χ1) is 10.2. The number of aliphatic imine (C=N–C) groups is 1. The van der Waals surface area contributed by atoms with Crippen LogP contribution in [0.2, 0.25) is 0 Å². The highest BCUT2D eigenvalue weighted by molar-refractivity contribution is 14.0. The zero-order valence-electron chi connectivity index (χ0n) is 12.3. The molecular weight excluding hydrogens is 415 g/mol. The van der Waals surface area contributed by atoms with Crippen LogP contribution in [-0.4, -0.2) is 61.0 Å². The average Bonchev–Trinajstić information content (AvgIpc) is 3.05. The Morgan fingerprint density at radius 1 is 1.50 bits per heavy atom. The molecule has 9 heteroatoms. The minimum absolute atomic E-state index is 0. The lowest BCUT2D eigenvalue weighted by atomic mass is 10.3. The molecule has 0 bridgehead atoms. The Bertz CT molecular complexity index is 499. The topological polar surface area (TPSA) is 86.8 Å². The lowest BCUT2D eigenvalue weighted by Gasteiger charge is -2.35.